The number of piperidine rings is 1. The molecular formula is C23H21F5N4O2S. The molecular weight excluding hydrogens is 491 g/mol. The highest BCUT2D eigenvalue weighted by molar-refractivity contribution is 7.15. The molecule has 6 nitrogen and oxygen atoms in total. The number of hydrogen-bond donors (Lipinski definition) is 0. The summed E-state index contributed by atoms with van der Waals surface area (Å²) < 4.78 is 74.4. The molecule has 0 N–H and O–H groups in total. The minimum Gasteiger partial charge on any atom is -0.475 e. The van der Waals surface area contributed by atoms with Gasteiger partial charge in [0.05, 0.1) is 28.2 Å². The lowest BCUT2D eigenvalue weighted by molar-refractivity contribution is -0.139. The number of carbonyl (C=O) groups is 1. The van der Waals surface area contributed by atoms with E-state index < -0.39 is 61.0 Å². The van der Waals surface area contributed by atoms with Crippen molar-refractivity contribution in [2.75, 3.05) is 13.2 Å². The maximum atomic E-state index is 14.5. The number of aromatic nitrogens is 3. The highest BCUT2D eigenvalue weighted by atomic mass is 32.1. The van der Waals surface area contributed by atoms with Crippen LogP contribution in [-0.2, 0) is 6.18 Å². The van der Waals surface area contributed by atoms with Gasteiger partial charge < -0.3 is 9.64 Å². The molecule has 0 unspecified atom stereocenters. The van der Waals surface area contributed by atoms with E-state index in [1.54, 1.807) is 25.1 Å². The molecule has 3 aromatic rings. The van der Waals surface area contributed by atoms with Crippen LogP contribution in [0, 0.1) is 12.8 Å². The predicted molar refractivity (Wildman–Crippen MR) is 118 cm³/mol. The zero-order valence-electron chi connectivity index (χ0n) is 18.7. The number of hydrogen-bond acceptors (Lipinski definition) is 6. The van der Waals surface area contributed by atoms with Gasteiger partial charge in [-0.2, -0.15) is 13.2 Å². The Hall–Kier alpha value is -3.15. The van der Waals surface area contributed by atoms with Gasteiger partial charge in [-0.15, -0.1) is 11.3 Å². The van der Waals surface area contributed by atoms with Crippen LogP contribution in [0.1, 0.15) is 34.4 Å². The van der Waals surface area contributed by atoms with Crippen LogP contribution in [0.25, 0.3) is 10.6 Å². The Balaban J connectivity index is 1.66. The zero-order valence-corrected chi connectivity index (χ0v) is 19.5. The molecule has 186 valence electrons. The predicted octanol–water partition coefficient (Wildman–Crippen LogP) is 5.49. The Morgan fingerprint density at radius 1 is 1.20 bits per heavy atom. The number of nitrogens with zero attached hydrogens (tertiary/aromatic N) is 4. The fourth-order valence-electron chi connectivity index (χ4n) is 4.09. The molecule has 1 aliphatic heterocycles. The van der Waals surface area contributed by atoms with Crippen LogP contribution in [-0.4, -0.2) is 50.9 Å². The van der Waals surface area contributed by atoms with Crippen molar-refractivity contribution in [3.63, 3.8) is 0 Å². The fourth-order valence-corrected chi connectivity index (χ4v) is 4.97. The highest BCUT2D eigenvalue weighted by Crippen LogP contribution is 2.39. The lowest BCUT2D eigenvalue weighted by Crippen LogP contribution is -2.57. The number of ether oxygens (including phenoxy) is 1. The molecule has 2 atom stereocenters. The van der Waals surface area contributed by atoms with Crippen molar-refractivity contribution in [3.8, 4) is 16.5 Å². The average molecular weight is 513 g/mol. The molecule has 4 heterocycles. The van der Waals surface area contributed by atoms with Crippen LogP contribution in [0.15, 0.2) is 42.7 Å². The van der Waals surface area contributed by atoms with Crippen LogP contribution in [0.3, 0.4) is 0 Å². The summed E-state index contributed by atoms with van der Waals surface area (Å²) in [5, 5.41) is 0.543. The van der Waals surface area contributed by atoms with Gasteiger partial charge in [0.15, 0.2) is 0 Å². The summed E-state index contributed by atoms with van der Waals surface area (Å²) in [6, 6.07) is 6.12. The molecule has 1 amide bonds. The molecule has 1 fully saturated rings. The van der Waals surface area contributed by atoms with Crippen molar-refractivity contribution >= 4 is 17.2 Å². The van der Waals surface area contributed by atoms with Gasteiger partial charge in [-0.3, -0.25) is 9.78 Å². The van der Waals surface area contributed by atoms with Crippen molar-refractivity contribution < 1.29 is 31.5 Å². The Kier molecular flexibility index (Phi) is 6.76. The number of carbonyl (C=O) groups excluding carboxylic acids is 1. The third-order valence-corrected chi connectivity index (χ3v) is 6.64. The number of thiazole rings is 1. The minimum atomic E-state index is -4.71. The van der Waals surface area contributed by atoms with Crippen LogP contribution >= 0.6 is 11.3 Å². The second kappa shape index (κ2) is 9.48. The number of pyridine rings is 2. The van der Waals surface area contributed by atoms with Gasteiger partial charge >= 0.3 is 6.18 Å². The quantitative estimate of drug-likeness (QED) is 0.423. The molecule has 3 aromatic heterocycles. The first kappa shape index (κ1) is 25.0. The van der Waals surface area contributed by atoms with Gasteiger partial charge in [0.25, 0.3) is 11.8 Å². The number of rotatable bonds is 5. The zero-order chi connectivity index (χ0) is 25.4. The molecule has 12 heteroatoms. The second-order valence-electron chi connectivity index (χ2n) is 8.33. The molecule has 0 aliphatic carbocycles. The number of halogens is 5. The average Bonchev–Trinajstić information content (AvgIpc) is 3.19. The highest BCUT2D eigenvalue weighted by Gasteiger charge is 2.47. The SMILES string of the molecule is Cc1nc(C(=O)N2CC(F)(F)C[C@@H](C)[C@H]2COc2ncccc2C(F)(F)F)c(-c2ccccn2)s1. The smallest absolute Gasteiger partial charge is 0.421 e. The van der Waals surface area contributed by atoms with E-state index in [4.69, 9.17) is 4.74 Å². The van der Waals surface area contributed by atoms with Crippen molar-refractivity contribution in [1.82, 2.24) is 19.9 Å². The molecule has 0 spiro atoms. The van der Waals surface area contributed by atoms with E-state index >= 15 is 0 Å². The standard InChI is InChI=1S/C23H21F5N4O2S/c1-13-10-22(24,25)12-32(17(13)11-34-20-15(23(26,27)28)6-5-9-30-20)21(33)18-19(35-14(2)31-18)16-7-3-4-8-29-16/h3-9,13,17H,10-12H2,1-2H3/t13-,17-/m1/s1. The Labute approximate surface area is 201 Å². The third kappa shape index (κ3) is 5.42. The third-order valence-electron chi connectivity index (χ3n) is 5.64. The van der Waals surface area contributed by atoms with Crippen LogP contribution in [0.5, 0.6) is 5.88 Å². The molecule has 35 heavy (non-hydrogen) atoms. The van der Waals surface area contributed by atoms with Crippen molar-refractivity contribution in [2.24, 2.45) is 5.92 Å². The maximum absolute atomic E-state index is 14.5. The van der Waals surface area contributed by atoms with E-state index in [-0.39, 0.29) is 5.69 Å². The molecule has 0 bridgehead atoms. The second-order valence-corrected chi connectivity index (χ2v) is 9.53. The first-order valence-corrected chi connectivity index (χ1v) is 11.5. The summed E-state index contributed by atoms with van der Waals surface area (Å²) in [6.45, 7) is 1.85. The number of alkyl halides is 5. The number of likely N-dealkylation sites (tertiary alicyclic amines) is 1. The normalized spacial score (nSPS) is 20.0. The van der Waals surface area contributed by atoms with Crippen molar-refractivity contribution in [1.29, 1.82) is 0 Å². The van der Waals surface area contributed by atoms with E-state index in [9.17, 15) is 26.7 Å². The number of aryl methyl sites for hydroxylation is 1. The number of amides is 1. The Bertz CT molecular complexity index is 1200. The van der Waals surface area contributed by atoms with Gasteiger partial charge in [0.2, 0.25) is 5.88 Å². The summed E-state index contributed by atoms with van der Waals surface area (Å²) in [4.78, 5) is 27.1. The first-order valence-electron chi connectivity index (χ1n) is 10.7. The summed E-state index contributed by atoms with van der Waals surface area (Å²) in [6.07, 6.45) is -2.57. The largest absolute Gasteiger partial charge is 0.475 e. The van der Waals surface area contributed by atoms with Gasteiger partial charge in [0, 0.05) is 18.8 Å². The minimum absolute atomic E-state index is 0.0325. The Morgan fingerprint density at radius 3 is 2.63 bits per heavy atom. The topological polar surface area (TPSA) is 68.2 Å². The maximum Gasteiger partial charge on any atom is 0.421 e. The van der Waals surface area contributed by atoms with Crippen LogP contribution in [0.4, 0.5) is 22.0 Å². The van der Waals surface area contributed by atoms with Gasteiger partial charge in [-0.25, -0.2) is 18.7 Å². The van der Waals surface area contributed by atoms with E-state index in [0.29, 0.717) is 15.6 Å². The summed E-state index contributed by atoms with van der Waals surface area (Å²) >= 11 is 1.20. The molecule has 4 rings (SSSR count). The van der Waals surface area contributed by atoms with Gasteiger partial charge in [0.1, 0.15) is 17.9 Å². The lowest BCUT2D eigenvalue weighted by Gasteiger charge is -2.43. The van der Waals surface area contributed by atoms with E-state index in [2.05, 4.69) is 15.0 Å². The van der Waals surface area contributed by atoms with Gasteiger partial charge in [-0.05, 0) is 37.1 Å². The van der Waals surface area contributed by atoms with E-state index in [1.165, 1.54) is 24.5 Å². The van der Waals surface area contributed by atoms with E-state index in [0.717, 1.165) is 23.2 Å². The summed E-state index contributed by atoms with van der Waals surface area (Å²) in [5.74, 6) is -5.37. The molecule has 0 radical (unpaired) electrons. The van der Waals surface area contributed by atoms with Crippen molar-refractivity contribution in [3.05, 3.63) is 59.0 Å². The lowest BCUT2D eigenvalue weighted by atomic mass is 9.88. The Morgan fingerprint density at radius 2 is 1.94 bits per heavy atom. The van der Waals surface area contributed by atoms with Crippen LogP contribution in [0.2, 0.25) is 0 Å². The van der Waals surface area contributed by atoms with Crippen molar-refractivity contribution in [2.45, 2.75) is 38.4 Å². The fraction of sp³-hybridized carbons (Fsp3) is 0.391. The molecule has 1 saturated heterocycles. The first-order chi connectivity index (χ1) is 16.5. The van der Waals surface area contributed by atoms with E-state index in [1.807, 2.05) is 0 Å². The molecule has 0 aromatic carbocycles. The molecule has 0 saturated carbocycles. The summed E-state index contributed by atoms with van der Waals surface area (Å²) in [7, 11) is 0. The summed E-state index contributed by atoms with van der Waals surface area (Å²) in [5.41, 5.74) is -0.650. The van der Waals surface area contributed by atoms with Gasteiger partial charge in [-0.1, -0.05) is 13.0 Å². The molecule has 1 aliphatic rings. The van der Waals surface area contributed by atoms with Crippen LogP contribution < -0.4 is 4.74 Å². The monoisotopic (exact) mass is 512 g/mol.